The number of aromatic nitrogens is 5. The lowest BCUT2D eigenvalue weighted by Gasteiger charge is -2.23. The lowest BCUT2D eigenvalue weighted by Crippen LogP contribution is -2.26. The van der Waals surface area contributed by atoms with Gasteiger partial charge in [-0.2, -0.15) is 10.2 Å². The Labute approximate surface area is 165 Å². The minimum absolute atomic E-state index is 0. The first kappa shape index (κ1) is 20.5. The van der Waals surface area contributed by atoms with Crippen LogP contribution in [0.1, 0.15) is 19.3 Å². The van der Waals surface area contributed by atoms with Crippen LogP contribution in [0.25, 0.3) is 16.8 Å². The average molecular weight is 398 g/mol. The molecule has 1 atom stereocenters. The molecule has 1 aliphatic heterocycles. The van der Waals surface area contributed by atoms with E-state index < -0.39 is 0 Å². The normalized spacial score (nSPS) is 17.5. The van der Waals surface area contributed by atoms with Crippen molar-refractivity contribution in [3.8, 4) is 11.3 Å². The molecular weight excluding hydrogens is 373 g/mol. The number of aryl methyl sites for hydroxylation is 1. The highest BCUT2D eigenvalue weighted by Gasteiger charge is 2.20. The van der Waals surface area contributed by atoms with Crippen LogP contribution in [-0.4, -0.2) is 44.0 Å². The van der Waals surface area contributed by atoms with Crippen LogP contribution < -0.4 is 10.6 Å². The van der Waals surface area contributed by atoms with Crippen LogP contribution in [0.3, 0.4) is 0 Å². The number of rotatable bonds is 3. The Morgan fingerprint density at radius 2 is 2.00 bits per heavy atom. The molecule has 1 saturated heterocycles. The van der Waals surface area contributed by atoms with Crippen LogP contribution >= 0.6 is 24.8 Å². The van der Waals surface area contributed by atoms with E-state index in [1.165, 1.54) is 6.42 Å². The quantitative estimate of drug-likeness (QED) is 0.734. The second-order valence-corrected chi connectivity index (χ2v) is 6.53. The van der Waals surface area contributed by atoms with Gasteiger partial charge in [-0.1, -0.05) is 0 Å². The van der Waals surface area contributed by atoms with Crippen molar-refractivity contribution >= 4 is 36.1 Å². The lowest BCUT2D eigenvalue weighted by molar-refractivity contribution is 0.485. The van der Waals surface area contributed by atoms with Crippen molar-refractivity contribution in [1.29, 1.82) is 0 Å². The summed E-state index contributed by atoms with van der Waals surface area (Å²) >= 11 is 0. The van der Waals surface area contributed by atoms with E-state index in [2.05, 4.69) is 15.1 Å². The Morgan fingerprint density at radius 3 is 2.73 bits per heavy atom. The molecule has 3 aromatic rings. The molecular formula is C17H25Cl2N7. The molecule has 0 saturated carbocycles. The number of fused-ring (bicyclic) bond motifs is 1. The largest absolute Gasteiger partial charge is 0.355 e. The number of halogens is 2. The molecule has 7 nitrogen and oxygen atoms in total. The highest BCUT2D eigenvalue weighted by molar-refractivity contribution is 5.85. The topological polar surface area (TPSA) is 77.3 Å². The highest BCUT2D eigenvalue weighted by atomic mass is 35.5. The Balaban J connectivity index is 0.00000121. The molecule has 9 heteroatoms. The summed E-state index contributed by atoms with van der Waals surface area (Å²) < 4.78 is 3.71. The molecule has 26 heavy (non-hydrogen) atoms. The standard InChI is InChI=1S/C17H23N7.2ClH/c1-22-11-14(10-20-22)15-12-24-16(4-6-19-24)17(21-15)23-7-2-3-13(9-18)5-8-23;;/h4,6,10-13H,2-3,5,7-9,18H2,1H3;2*1H. The molecule has 0 spiro atoms. The maximum Gasteiger partial charge on any atom is 0.155 e. The molecule has 3 aromatic heterocycles. The predicted molar refractivity (Wildman–Crippen MR) is 108 cm³/mol. The molecule has 2 N–H and O–H groups in total. The summed E-state index contributed by atoms with van der Waals surface area (Å²) in [5, 5.41) is 8.68. The average Bonchev–Trinajstić information content (AvgIpc) is 3.17. The summed E-state index contributed by atoms with van der Waals surface area (Å²) in [6.45, 7) is 2.78. The van der Waals surface area contributed by atoms with E-state index >= 15 is 0 Å². The van der Waals surface area contributed by atoms with Crippen molar-refractivity contribution < 1.29 is 0 Å². The third-order valence-electron chi connectivity index (χ3n) is 4.85. The first-order valence-corrected chi connectivity index (χ1v) is 8.53. The van der Waals surface area contributed by atoms with Gasteiger partial charge in [0.25, 0.3) is 0 Å². The fourth-order valence-electron chi connectivity index (χ4n) is 3.45. The summed E-state index contributed by atoms with van der Waals surface area (Å²) in [5.41, 5.74) is 8.83. The van der Waals surface area contributed by atoms with Crippen LogP contribution in [0, 0.1) is 5.92 Å². The van der Waals surface area contributed by atoms with E-state index in [0.717, 1.165) is 55.1 Å². The minimum atomic E-state index is 0. The molecule has 0 bridgehead atoms. The van der Waals surface area contributed by atoms with Crippen LogP contribution in [0.2, 0.25) is 0 Å². The molecule has 4 heterocycles. The van der Waals surface area contributed by atoms with Crippen molar-refractivity contribution in [2.24, 2.45) is 18.7 Å². The SMILES string of the molecule is Cl.Cl.Cn1cc(-c2cn3nccc3c(N3CCCC(CN)CC3)n2)cn1. The Kier molecular flexibility index (Phi) is 6.86. The second kappa shape index (κ2) is 8.70. The van der Waals surface area contributed by atoms with Gasteiger partial charge in [0.1, 0.15) is 5.52 Å². The summed E-state index contributed by atoms with van der Waals surface area (Å²) in [6, 6.07) is 2.03. The van der Waals surface area contributed by atoms with Gasteiger partial charge in [0.2, 0.25) is 0 Å². The summed E-state index contributed by atoms with van der Waals surface area (Å²) in [4.78, 5) is 7.33. The van der Waals surface area contributed by atoms with Crippen LogP contribution in [-0.2, 0) is 7.05 Å². The molecule has 0 radical (unpaired) electrons. The predicted octanol–water partition coefficient (Wildman–Crippen LogP) is 2.54. The maximum atomic E-state index is 5.88. The highest BCUT2D eigenvalue weighted by Crippen LogP contribution is 2.27. The van der Waals surface area contributed by atoms with Crippen molar-refractivity contribution in [3.05, 3.63) is 30.9 Å². The van der Waals surface area contributed by atoms with Gasteiger partial charge >= 0.3 is 0 Å². The molecule has 4 rings (SSSR count). The maximum absolute atomic E-state index is 5.88. The Hall–Kier alpha value is -1.83. The molecule has 1 unspecified atom stereocenters. The molecule has 1 aliphatic rings. The summed E-state index contributed by atoms with van der Waals surface area (Å²) in [7, 11) is 1.92. The first-order chi connectivity index (χ1) is 11.7. The van der Waals surface area contributed by atoms with Crippen molar-refractivity contribution in [1.82, 2.24) is 24.4 Å². The van der Waals surface area contributed by atoms with Gasteiger partial charge in [-0.05, 0) is 37.8 Å². The first-order valence-electron chi connectivity index (χ1n) is 8.53. The van der Waals surface area contributed by atoms with E-state index in [0.29, 0.717) is 5.92 Å². The second-order valence-electron chi connectivity index (χ2n) is 6.53. The van der Waals surface area contributed by atoms with Crippen molar-refractivity contribution in [2.45, 2.75) is 19.3 Å². The van der Waals surface area contributed by atoms with Gasteiger partial charge in [0.15, 0.2) is 5.82 Å². The van der Waals surface area contributed by atoms with Gasteiger partial charge in [0.05, 0.1) is 24.3 Å². The van der Waals surface area contributed by atoms with Gasteiger partial charge in [-0.3, -0.25) is 4.68 Å². The molecule has 0 aliphatic carbocycles. The van der Waals surface area contributed by atoms with Crippen LogP contribution in [0.15, 0.2) is 30.9 Å². The summed E-state index contributed by atoms with van der Waals surface area (Å²) in [5.74, 6) is 1.63. The molecule has 1 fully saturated rings. The van der Waals surface area contributed by atoms with E-state index in [1.807, 2.05) is 42.4 Å². The fraction of sp³-hybridized carbons (Fsp3) is 0.471. The van der Waals surface area contributed by atoms with Crippen LogP contribution in [0.4, 0.5) is 5.82 Å². The zero-order valence-corrected chi connectivity index (χ0v) is 16.4. The third-order valence-corrected chi connectivity index (χ3v) is 4.85. The molecule has 0 aromatic carbocycles. The lowest BCUT2D eigenvalue weighted by atomic mass is 10.0. The number of nitrogens with zero attached hydrogens (tertiary/aromatic N) is 6. The number of nitrogens with two attached hydrogens (primary N) is 1. The minimum Gasteiger partial charge on any atom is -0.355 e. The number of hydrogen-bond donors (Lipinski definition) is 1. The fourth-order valence-corrected chi connectivity index (χ4v) is 3.45. The van der Waals surface area contributed by atoms with Crippen LogP contribution in [0.5, 0.6) is 0 Å². The number of anilines is 1. The van der Waals surface area contributed by atoms with Gasteiger partial charge in [-0.15, -0.1) is 24.8 Å². The molecule has 0 amide bonds. The monoisotopic (exact) mass is 397 g/mol. The van der Waals surface area contributed by atoms with Crippen molar-refractivity contribution in [2.75, 3.05) is 24.5 Å². The van der Waals surface area contributed by atoms with E-state index in [-0.39, 0.29) is 24.8 Å². The smallest absolute Gasteiger partial charge is 0.155 e. The van der Waals surface area contributed by atoms with Gasteiger partial charge in [-0.25, -0.2) is 9.50 Å². The van der Waals surface area contributed by atoms with E-state index in [4.69, 9.17) is 10.7 Å². The van der Waals surface area contributed by atoms with E-state index in [9.17, 15) is 0 Å². The van der Waals surface area contributed by atoms with E-state index in [1.54, 1.807) is 4.68 Å². The van der Waals surface area contributed by atoms with Gasteiger partial charge in [0, 0.05) is 31.9 Å². The Bertz CT molecular complexity index is 845. The third kappa shape index (κ3) is 3.95. The summed E-state index contributed by atoms with van der Waals surface area (Å²) in [6.07, 6.45) is 11.1. The zero-order valence-electron chi connectivity index (χ0n) is 14.8. The van der Waals surface area contributed by atoms with Crippen molar-refractivity contribution in [3.63, 3.8) is 0 Å². The van der Waals surface area contributed by atoms with Gasteiger partial charge < -0.3 is 10.6 Å². The number of hydrogen-bond acceptors (Lipinski definition) is 5. The zero-order chi connectivity index (χ0) is 16.5. The Morgan fingerprint density at radius 1 is 1.15 bits per heavy atom. The molecule has 142 valence electrons.